The van der Waals surface area contributed by atoms with Gasteiger partial charge in [-0.05, 0) is 24.6 Å². The third-order valence-electron chi connectivity index (χ3n) is 2.96. The van der Waals surface area contributed by atoms with Crippen LogP contribution in [-0.4, -0.2) is 24.2 Å². The molecule has 6 heteroatoms. The number of benzene rings is 1. The molecule has 5 nitrogen and oxygen atoms in total. The van der Waals surface area contributed by atoms with Gasteiger partial charge in [0.15, 0.2) is 11.5 Å². The first-order chi connectivity index (χ1) is 10.1. The zero-order valence-electron chi connectivity index (χ0n) is 12.3. The second kappa shape index (κ2) is 7.24. The van der Waals surface area contributed by atoms with Crippen molar-refractivity contribution >= 4 is 11.6 Å². The lowest BCUT2D eigenvalue weighted by Gasteiger charge is -2.12. The van der Waals surface area contributed by atoms with Crippen LogP contribution in [0.2, 0.25) is 5.02 Å². The summed E-state index contributed by atoms with van der Waals surface area (Å²) >= 11 is 6.17. The van der Waals surface area contributed by atoms with Crippen LogP contribution < -0.4 is 14.8 Å². The van der Waals surface area contributed by atoms with Crippen LogP contribution in [-0.2, 0) is 13.1 Å². The van der Waals surface area contributed by atoms with Crippen molar-refractivity contribution in [2.75, 3.05) is 14.2 Å². The Kier molecular flexibility index (Phi) is 5.36. The van der Waals surface area contributed by atoms with Crippen molar-refractivity contribution in [1.82, 2.24) is 15.3 Å². The Morgan fingerprint density at radius 1 is 1.10 bits per heavy atom. The highest BCUT2D eigenvalue weighted by Crippen LogP contribution is 2.35. The number of rotatable bonds is 6. The summed E-state index contributed by atoms with van der Waals surface area (Å²) in [5.74, 6) is 1.17. The van der Waals surface area contributed by atoms with Crippen molar-refractivity contribution in [2.24, 2.45) is 0 Å². The van der Waals surface area contributed by atoms with Crippen LogP contribution in [0.4, 0.5) is 0 Å². The Labute approximate surface area is 129 Å². The molecule has 0 aliphatic heterocycles. The molecular weight excluding hydrogens is 290 g/mol. The van der Waals surface area contributed by atoms with E-state index in [1.165, 1.54) is 0 Å². The van der Waals surface area contributed by atoms with Crippen LogP contribution in [0, 0.1) is 6.92 Å². The summed E-state index contributed by atoms with van der Waals surface area (Å²) in [5, 5.41) is 3.83. The zero-order valence-corrected chi connectivity index (χ0v) is 13.1. The molecule has 112 valence electrons. The summed E-state index contributed by atoms with van der Waals surface area (Å²) in [7, 11) is 3.16. The van der Waals surface area contributed by atoms with Crippen molar-refractivity contribution in [1.29, 1.82) is 0 Å². The van der Waals surface area contributed by atoms with Gasteiger partial charge in [0.2, 0.25) is 0 Å². The average Bonchev–Trinajstić information content (AvgIpc) is 2.48. The van der Waals surface area contributed by atoms with Gasteiger partial charge in [0, 0.05) is 25.5 Å². The van der Waals surface area contributed by atoms with Crippen molar-refractivity contribution in [3.63, 3.8) is 0 Å². The van der Waals surface area contributed by atoms with Crippen LogP contribution in [0.25, 0.3) is 0 Å². The topological polar surface area (TPSA) is 56.3 Å². The molecule has 0 aliphatic carbocycles. The number of halogens is 1. The maximum absolute atomic E-state index is 6.17. The fourth-order valence-electron chi connectivity index (χ4n) is 1.92. The molecule has 1 heterocycles. The molecule has 0 atom stereocenters. The highest BCUT2D eigenvalue weighted by molar-refractivity contribution is 6.32. The normalized spacial score (nSPS) is 10.5. The van der Waals surface area contributed by atoms with E-state index in [2.05, 4.69) is 15.3 Å². The molecule has 0 saturated carbocycles. The van der Waals surface area contributed by atoms with Gasteiger partial charge in [0.05, 0.1) is 30.6 Å². The third kappa shape index (κ3) is 4.06. The largest absolute Gasteiger partial charge is 0.493 e. The second-order valence-corrected chi connectivity index (χ2v) is 4.97. The van der Waals surface area contributed by atoms with Crippen LogP contribution in [0.3, 0.4) is 0 Å². The summed E-state index contributed by atoms with van der Waals surface area (Å²) in [6.45, 7) is 3.20. The number of aromatic nitrogens is 2. The van der Waals surface area contributed by atoms with Crippen LogP contribution in [0.5, 0.6) is 11.5 Å². The first kappa shape index (κ1) is 15.5. The Hall–Kier alpha value is -1.85. The van der Waals surface area contributed by atoms with Gasteiger partial charge in [-0.25, -0.2) is 0 Å². The highest BCUT2D eigenvalue weighted by atomic mass is 35.5. The number of aryl methyl sites for hydroxylation is 1. The number of nitrogens with one attached hydrogen (secondary N) is 1. The van der Waals surface area contributed by atoms with Gasteiger partial charge in [-0.1, -0.05) is 11.6 Å². The smallest absolute Gasteiger partial charge is 0.179 e. The van der Waals surface area contributed by atoms with E-state index in [9.17, 15) is 0 Å². The maximum Gasteiger partial charge on any atom is 0.179 e. The fourth-order valence-corrected chi connectivity index (χ4v) is 2.23. The minimum Gasteiger partial charge on any atom is -0.493 e. The van der Waals surface area contributed by atoms with Crippen LogP contribution in [0.15, 0.2) is 24.5 Å². The summed E-state index contributed by atoms with van der Waals surface area (Å²) in [5.41, 5.74) is 2.82. The van der Waals surface area contributed by atoms with E-state index in [0.29, 0.717) is 29.6 Å². The number of ether oxygens (including phenoxy) is 2. The molecule has 0 bridgehead atoms. The van der Waals surface area contributed by atoms with Gasteiger partial charge in [-0.2, -0.15) is 0 Å². The molecule has 0 spiro atoms. The quantitative estimate of drug-likeness (QED) is 0.889. The number of methoxy groups -OCH3 is 2. The molecule has 1 N–H and O–H groups in total. The van der Waals surface area contributed by atoms with Gasteiger partial charge in [0.1, 0.15) is 0 Å². The number of hydrogen-bond donors (Lipinski definition) is 1. The molecule has 0 radical (unpaired) electrons. The predicted molar refractivity (Wildman–Crippen MR) is 81.9 cm³/mol. The van der Waals surface area contributed by atoms with Gasteiger partial charge < -0.3 is 14.8 Å². The molecule has 2 rings (SSSR count). The lowest BCUT2D eigenvalue weighted by Crippen LogP contribution is -2.14. The van der Waals surface area contributed by atoms with E-state index >= 15 is 0 Å². The fraction of sp³-hybridized carbons (Fsp3) is 0.333. The van der Waals surface area contributed by atoms with Gasteiger partial charge >= 0.3 is 0 Å². The van der Waals surface area contributed by atoms with Crippen LogP contribution >= 0.6 is 11.6 Å². The van der Waals surface area contributed by atoms with Gasteiger partial charge in [-0.3, -0.25) is 9.97 Å². The minimum absolute atomic E-state index is 0.531. The second-order valence-electron chi connectivity index (χ2n) is 4.57. The Bertz CT molecular complexity index is 603. The summed E-state index contributed by atoms with van der Waals surface area (Å²) in [6, 6.07) is 3.76. The summed E-state index contributed by atoms with van der Waals surface area (Å²) < 4.78 is 10.5. The predicted octanol–water partition coefficient (Wildman–Crippen LogP) is 2.75. The standard InChI is InChI=1S/C15H18ClN3O2/c1-10-6-19-12(9-18-10)8-17-7-11-4-13(16)15(21-3)14(5-11)20-2/h4-6,9,17H,7-8H2,1-3H3. The number of hydrogen-bond acceptors (Lipinski definition) is 5. The molecule has 1 aromatic carbocycles. The lowest BCUT2D eigenvalue weighted by molar-refractivity contribution is 0.354. The Balaban J connectivity index is 2.00. The van der Waals surface area contributed by atoms with E-state index in [4.69, 9.17) is 21.1 Å². The van der Waals surface area contributed by atoms with Crippen molar-refractivity contribution in [2.45, 2.75) is 20.0 Å². The van der Waals surface area contributed by atoms with Crippen molar-refractivity contribution in [3.8, 4) is 11.5 Å². The maximum atomic E-state index is 6.17. The Morgan fingerprint density at radius 3 is 2.52 bits per heavy atom. The van der Waals surface area contributed by atoms with E-state index < -0.39 is 0 Å². The van der Waals surface area contributed by atoms with E-state index in [0.717, 1.165) is 17.0 Å². The SMILES string of the molecule is COc1cc(CNCc2cnc(C)cn2)cc(Cl)c1OC. The molecular formula is C15H18ClN3O2. The first-order valence-corrected chi connectivity index (χ1v) is 6.90. The van der Waals surface area contributed by atoms with Crippen molar-refractivity contribution in [3.05, 3.63) is 46.5 Å². The average molecular weight is 308 g/mol. The molecule has 0 aliphatic rings. The van der Waals surface area contributed by atoms with E-state index in [1.807, 2.05) is 19.1 Å². The third-order valence-corrected chi connectivity index (χ3v) is 3.24. The van der Waals surface area contributed by atoms with Crippen molar-refractivity contribution < 1.29 is 9.47 Å². The number of nitrogens with zero attached hydrogens (tertiary/aromatic N) is 2. The molecule has 0 fully saturated rings. The minimum atomic E-state index is 0.531. The molecule has 2 aromatic rings. The van der Waals surface area contributed by atoms with Gasteiger partial charge in [-0.15, -0.1) is 0 Å². The molecule has 0 saturated heterocycles. The monoisotopic (exact) mass is 307 g/mol. The molecule has 0 unspecified atom stereocenters. The molecule has 1 aromatic heterocycles. The first-order valence-electron chi connectivity index (χ1n) is 6.52. The zero-order chi connectivity index (χ0) is 15.2. The highest BCUT2D eigenvalue weighted by Gasteiger charge is 2.10. The molecule has 0 amide bonds. The lowest BCUT2D eigenvalue weighted by atomic mass is 10.2. The van der Waals surface area contributed by atoms with Crippen LogP contribution in [0.1, 0.15) is 17.0 Å². The van der Waals surface area contributed by atoms with E-state index in [1.54, 1.807) is 26.6 Å². The summed E-state index contributed by atoms with van der Waals surface area (Å²) in [4.78, 5) is 8.50. The van der Waals surface area contributed by atoms with Gasteiger partial charge in [0.25, 0.3) is 0 Å². The van der Waals surface area contributed by atoms with E-state index in [-0.39, 0.29) is 0 Å². The Morgan fingerprint density at radius 2 is 1.90 bits per heavy atom. The molecule has 21 heavy (non-hydrogen) atoms. The summed E-state index contributed by atoms with van der Waals surface area (Å²) in [6.07, 6.45) is 3.52.